The van der Waals surface area contributed by atoms with Crippen molar-refractivity contribution in [3.8, 4) is 0 Å². The Kier molecular flexibility index (Phi) is 3.01. The van der Waals surface area contributed by atoms with Crippen molar-refractivity contribution >= 4 is 22.9 Å². The molecule has 0 radical (unpaired) electrons. The highest BCUT2D eigenvalue weighted by molar-refractivity contribution is 5.78. The van der Waals surface area contributed by atoms with Gasteiger partial charge in [-0.2, -0.15) is 0 Å². The lowest BCUT2D eigenvalue weighted by Gasteiger charge is -2.01. The largest absolute Gasteiger partial charge is 0.507 e. The fourth-order valence-electron chi connectivity index (χ4n) is 1.87. The Balaban J connectivity index is 2.11. The number of nitrogens with one attached hydrogen (secondary N) is 1. The molecule has 0 saturated carbocycles. The average molecular weight is 265 g/mol. The minimum atomic E-state index is -0.368. The number of pyridine rings is 1. The molecular formula is C15H11N3O2. The lowest BCUT2D eigenvalue weighted by atomic mass is 10.1. The zero-order valence-corrected chi connectivity index (χ0v) is 10.4. The molecule has 0 aliphatic carbocycles. The number of nitrogens with zero attached hydrogens (tertiary/aromatic N) is 2. The first-order valence-electron chi connectivity index (χ1n) is 6.04. The number of fused-ring (bicyclic) bond motifs is 1. The SMILES string of the molecule is O=c1[nH]c2cnccc2nc1/C=C(/O)c1ccccc1. The third kappa shape index (κ3) is 2.29. The fourth-order valence-corrected chi connectivity index (χ4v) is 1.87. The Bertz CT molecular complexity index is 838. The molecule has 5 heteroatoms. The first-order valence-corrected chi connectivity index (χ1v) is 6.04. The molecule has 3 aromatic rings. The zero-order chi connectivity index (χ0) is 13.9. The summed E-state index contributed by atoms with van der Waals surface area (Å²) in [5.41, 5.74) is 1.60. The smallest absolute Gasteiger partial charge is 0.274 e. The molecule has 0 aliphatic rings. The van der Waals surface area contributed by atoms with Crippen molar-refractivity contribution in [2.45, 2.75) is 0 Å². The van der Waals surface area contributed by atoms with Gasteiger partial charge >= 0.3 is 0 Å². The molecule has 0 unspecified atom stereocenters. The molecule has 0 aliphatic heterocycles. The van der Waals surface area contributed by atoms with E-state index in [4.69, 9.17) is 0 Å². The molecular weight excluding hydrogens is 254 g/mol. The summed E-state index contributed by atoms with van der Waals surface area (Å²) in [4.78, 5) is 22.7. The van der Waals surface area contributed by atoms with Crippen LogP contribution in [0.3, 0.4) is 0 Å². The second-order valence-electron chi connectivity index (χ2n) is 4.24. The molecule has 5 nitrogen and oxygen atoms in total. The predicted molar refractivity (Wildman–Crippen MR) is 77.1 cm³/mol. The van der Waals surface area contributed by atoms with E-state index in [2.05, 4.69) is 15.0 Å². The van der Waals surface area contributed by atoms with Crippen molar-refractivity contribution in [3.63, 3.8) is 0 Å². The lowest BCUT2D eigenvalue weighted by molar-refractivity contribution is 0.515. The van der Waals surface area contributed by atoms with Crippen LogP contribution < -0.4 is 5.56 Å². The van der Waals surface area contributed by atoms with Gasteiger partial charge in [0.05, 0.1) is 17.2 Å². The molecule has 0 fully saturated rings. The van der Waals surface area contributed by atoms with E-state index in [0.717, 1.165) is 0 Å². The first-order chi connectivity index (χ1) is 9.74. The van der Waals surface area contributed by atoms with Gasteiger partial charge in [0.2, 0.25) is 0 Å². The molecule has 0 bridgehead atoms. The van der Waals surface area contributed by atoms with Crippen molar-refractivity contribution < 1.29 is 5.11 Å². The van der Waals surface area contributed by atoms with E-state index in [0.29, 0.717) is 16.6 Å². The Hall–Kier alpha value is -2.95. The van der Waals surface area contributed by atoms with Crippen LogP contribution in [0.2, 0.25) is 0 Å². The van der Waals surface area contributed by atoms with Gasteiger partial charge < -0.3 is 10.1 Å². The Morgan fingerprint density at radius 2 is 2.00 bits per heavy atom. The molecule has 2 N–H and O–H groups in total. The van der Waals surface area contributed by atoms with Crippen molar-refractivity contribution in [3.05, 3.63) is 70.4 Å². The second kappa shape index (κ2) is 4.97. The lowest BCUT2D eigenvalue weighted by Crippen LogP contribution is -2.12. The molecule has 0 saturated heterocycles. The quantitative estimate of drug-likeness (QED) is 0.697. The number of rotatable bonds is 2. The van der Waals surface area contributed by atoms with Gasteiger partial charge in [-0.05, 0) is 6.07 Å². The van der Waals surface area contributed by atoms with E-state index in [1.807, 2.05) is 18.2 Å². The Morgan fingerprint density at radius 1 is 1.20 bits per heavy atom. The molecule has 3 rings (SSSR count). The Morgan fingerprint density at radius 3 is 2.80 bits per heavy atom. The van der Waals surface area contributed by atoms with Gasteiger partial charge in [0.25, 0.3) is 5.56 Å². The van der Waals surface area contributed by atoms with Crippen LogP contribution in [0.4, 0.5) is 0 Å². The van der Waals surface area contributed by atoms with Gasteiger partial charge in [-0.15, -0.1) is 0 Å². The summed E-state index contributed by atoms with van der Waals surface area (Å²) in [6.45, 7) is 0. The van der Waals surface area contributed by atoms with Gasteiger partial charge in [-0.3, -0.25) is 9.78 Å². The monoisotopic (exact) mass is 265 g/mol. The van der Waals surface area contributed by atoms with Crippen LogP contribution in [0.5, 0.6) is 0 Å². The van der Waals surface area contributed by atoms with Crippen LogP contribution in [0.15, 0.2) is 53.6 Å². The maximum Gasteiger partial charge on any atom is 0.274 e. The minimum absolute atomic E-state index is 0.00277. The van der Waals surface area contributed by atoms with Crippen LogP contribution in [0.25, 0.3) is 22.9 Å². The van der Waals surface area contributed by atoms with E-state index in [9.17, 15) is 9.90 Å². The fraction of sp³-hybridized carbons (Fsp3) is 0. The van der Waals surface area contributed by atoms with Crippen molar-refractivity contribution in [1.29, 1.82) is 0 Å². The van der Waals surface area contributed by atoms with E-state index in [-0.39, 0.29) is 17.0 Å². The second-order valence-corrected chi connectivity index (χ2v) is 4.24. The third-order valence-electron chi connectivity index (χ3n) is 2.86. The summed E-state index contributed by atoms with van der Waals surface area (Å²) >= 11 is 0. The van der Waals surface area contributed by atoms with Crippen LogP contribution in [0.1, 0.15) is 11.3 Å². The predicted octanol–water partition coefficient (Wildman–Crippen LogP) is 2.37. The zero-order valence-electron chi connectivity index (χ0n) is 10.4. The molecule has 2 aromatic heterocycles. The van der Waals surface area contributed by atoms with Crippen molar-refractivity contribution in [2.24, 2.45) is 0 Å². The number of hydrogen-bond donors (Lipinski definition) is 2. The normalized spacial score (nSPS) is 11.7. The van der Waals surface area contributed by atoms with E-state index in [1.54, 1.807) is 24.4 Å². The van der Waals surface area contributed by atoms with Crippen molar-refractivity contribution in [2.75, 3.05) is 0 Å². The topological polar surface area (TPSA) is 78.9 Å². The summed E-state index contributed by atoms with van der Waals surface area (Å²) in [7, 11) is 0. The van der Waals surface area contributed by atoms with Crippen LogP contribution >= 0.6 is 0 Å². The molecule has 0 atom stereocenters. The summed E-state index contributed by atoms with van der Waals surface area (Å²) in [6, 6.07) is 10.7. The molecule has 2 heterocycles. The van der Waals surface area contributed by atoms with Gasteiger partial charge in [0.15, 0.2) is 0 Å². The number of H-pyrrole nitrogens is 1. The van der Waals surface area contributed by atoms with E-state index < -0.39 is 0 Å². The number of aromatic nitrogens is 3. The summed E-state index contributed by atoms with van der Waals surface area (Å²) in [5, 5.41) is 10.0. The third-order valence-corrected chi connectivity index (χ3v) is 2.86. The van der Waals surface area contributed by atoms with E-state index in [1.165, 1.54) is 12.3 Å². The summed E-state index contributed by atoms with van der Waals surface area (Å²) in [6.07, 6.45) is 4.49. The molecule has 1 aromatic carbocycles. The highest BCUT2D eigenvalue weighted by Crippen LogP contribution is 2.13. The number of aliphatic hydroxyl groups excluding tert-OH is 1. The number of aromatic amines is 1. The van der Waals surface area contributed by atoms with Crippen LogP contribution in [-0.4, -0.2) is 20.1 Å². The van der Waals surface area contributed by atoms with Crippen LogP contribution in [-0.2, 0) is 0 Å². The van der Waals surface area contributed by atoms with Crippen molar-refractivity contribution in [1.82, 2.24) is 15.0 Å². The van der Waals surface area contributed by atoms with E-state index >= 15 is 0 Å². The molecule has 20 heavy (non-hydrogen) atoms. The van der Waals surface area contributed by atoms with Crippen LogP contribution in [0, 0.1) is 0 Å². The average Bonchev–Trinajstić information content (AvgIpc) is 2.49. The maximum absolute atomic E-state index is 11.9. The minimum Gasteiger partial charge on any atom is -0.507 e. The molecule has 0 spiro atoms. The Labute approximate surface area is 114 Å². The van der Waals surface area contributed by atoms with Gasteiger partial charge in [0.1, 0.15) is 11.5 Å². The summed E-state index contributed by atoms with van der Waals surface area (Å²) < 4.78 is 0. The first kappa shape index (κ1) is 12.1. The molecule has 0 amide bonds. The molecule has 98 valence electrons. The standard InChI is InChI=1S/C15H11N3O2/c19-14(10-4-2-1-3-5-10)8-12-15(20)18-13-9-16-7-6-11(13)17-12/h1-9,19H,(H,18,20)/b14-8+. The van der Waals surface area contributed by atoms with Gasteiger partial charge in [0, 0.05) is 17.8 Å². The maximum atomic E-state index is 11.9. The summed E-state index contributed by atoms with van der Waals surface area (Å²) in [5.74, 6) is -0.00277. The van der Waals surface area contributed by atoms with Gasteiger partial charge in [-0.1, -0.05) is 30.3 Å². The number of hydrogen-bond acceptors (Lipinski definition) is 4. The number of benzene rings is 1. The highest BCUT2D eigenvalue weighted by Gasteiger charge is 2.05. The van der Waals surface area contributed by atoms with Gasteiger partial charge in [-0.25, -0.2) is 4.98 Å². The number of aliphatic hydroxyl groups is 1. The highest BCUT2D eigenvalue weighted by atomic mass is 16.3.